The number of thiophene rings is 1. The molecule has 1 aliphatic heterocycles. The van der Waals surface area contributed by atoms with Crippen molar-refractivity contribution in [2.45, 2.75) is 26.4 Å². The number of amides is 1. The highest BCUT2D eigenvalue weighted by molar-refractivity contribution is 7.14. The van der Waals surface area contributed by atoms with Crippen LogP contribution in [0.15, 0.2) is 6.07 Å². The minimum absolute atomic E-state index is 0.0146. The normalized spacial score (nSPS) is 23.4. The minimum Gasteiger partial charge on any atom is -0.391 e. The van der Waals surface area contributed by atoms with Gasteiger partial charge in [-0.3, -0.25) is 14.9 Å². The van der Waals surface area contributed by atoms with E-state index >= 15 is 0 Å². The van der Waals surface area contributed by atoms with Gasteiger partial charge in [0.1, 0.15) is 0 Å². The van der Waals surface area contributed by atoms with Crippen molar-refractivity contribution in [2.24, 2.45) is 5.92 Å². The number of aryl methyl sites for hydroxylation is 1. The Morgan fingerprint density at radius 1 is 1.63 bits per heavy atom. The summed E-state index contributed by atoms with van der Waals surface area (Å²) in [4.78, 5) is 25.0. The number of piperidine rings is 1. The van der Waals surface area contributed by atoms with Crippen molar-refractivity contribution in [3.8, 4) is 0 Å². The van der Waals surface area contributed by atoms with Gasteiger partial charge >= 0.3 is 0 Å². The molecule has 0 aliphatic carbocycles. The molecule has 2 unspecified atom stereocenters. The molecule has 19 heavy (non-hydrogen) atoms. The Hall–Kier alpha value is -1.47. The van der Waals surface area contributed by atoms with Crippen molar-refractivity contribution in [2.75, 3.05) is 13.1 Å². The molecule has 1 amide bonds. The van der Waals surface area contributed by atoms with Crippen LogP contribution in [0.1, 0.15) is 27.9 Å². The summed E-state index contributed by atoms with van der Waals surface area (Å²) in [5.74, 6) is -0.0457. The van der Waals surface area contributed by atoms with Gasteiger partial charge < -0.3 is 10.0 Å². The molecule has 1 N–H and O–H groups in total. The predicted octanol–water partition coefficient (Wildman–Crippen LogP) is 1.81. The fourth-order valence-corrected chi connectivity index (χ4v) is 3.10. The maximum absolute atomic E-state index is 12.2. The fourth-order valence-electron chi connectivity index (χ4n) is 2.15. The van der Waals surface area contributed by atoms with Gasteiger partial charge in [-0.2, -0.15) is 0 Å². The third-order valence-electron chi connectivity index (χ3n) is 3.50. The molecule has 1 aromatic heterocycles. The summed E-state index contributed by atoms with van der Waals surface area (Å²) in [6.07, 6.45) is 0.230. The zero-order chi connectivity index (χ0) is 14.2. The number of carbonyl (C=O) groups is 1. The lowest BCUT2D eigenvalue weighted by atomic mass is 9.96. The van der Waals surface area contributed by atoms with Gasteiger partial charge in [-0.1, -0.05) is 6.92 Å². The average molecular weight is 284 g/mol. The number of rotatable bonds is 2. The summed E-state index contributed by atoms with van der Waals surface area (Å²) in [6, 6.07) is 1.33. The van der Waals surface area contributed by atoms with Gasteiger partial charge in [0.05, 0.1) is 20.8 Å². The monoisotopic (exact) mass is 284 g/mol. The van der Waals surface area contributed by atoms with Gasteiger partial charge in [0.25, 0.3) is 11.6 Å². The lowest BCUT2D eigenvalue weighted by Crippen LogP contribution is -2.45. The molecule has 0 bridgehead atoms. The number of carbonyl (C=O) groups excluding carboxylic acids is 1. The molecule has 0 aromatic carbocycles. The van der Waals surface area contributed by atoms with Gasteiger partial charge in [0, 0.05) is 19.2 Å². The quantitative estimate of drug-likeness (QED) is 0.663. The summed E-state index contributed by atoms with van der Waals surface area (Å²) in [6.45, 7) is 4.46. The number of nitro groups is 1. The first-order valence-electron chi connectivity index (χ1n) is 6.12. The maximum atomic E-state index is 12.2. The van der Waals surface area contributed by atoms with Gasteiger partial charge in [0.2, 0.25) is 0 Å². The molecular weight excluding hydrogens is 268 g/mol. The topological polar surface area (TPSA) is 83.7 Å². The number of hydrogen-bond donors (Lipinski definition) is 1. The summed E-state index contributed by atoms with van der Waals surface area (Å²) in [7, 11) is 0. The zero-order valence-corrected chi connectivity index (χ0v) is 11.6. The molecule has 7 heteroatoms. The number of aliphatic hydroxyl groups is 1. The lowest BCUT2D eigenvalue weighted by Gasteiger charge is -2.33. The summed E-state index contributed by atoms with van der Waals surface area (Å²) in [5, 5.41) is 20.6. The van der Waals surface area contributed by atoms with E-state index in [1.165, 1.54) is 6.07 Å². The maximum Gasteiger partial charge on any atom is 0.283 e. The number of aliphatic hydroxyl groups excluding tert-OH is 1. The fraction of sp³-hybridized carbons (Fsp3) is 0.583. The molecule has 1 aliphatic rings. The molecule has 0 radical (unpaired) electrons. The van der Waals surface area contributed by atoms with Crippen LogP contribution >= 0.6 is 11.3 Å². The Bertz CT molecular complexity index is 514. The molecule has 2 heterocycles. The van der Waals surface area contributed by atoms with E-state index in [1.807, 2.05) is 6.92 Å². The first-order chi connectivity index (χ1) is 8.90. The number of likely N-dealkylation sites (tertiary alicyclic amines) is 1. The first-order valence-corrected chi connectivity index (χ1v) is 6.94. The van der Waals surface area contributed by atoms with Crippen LogP contribution < -0.4 is 0 Å². The molecule has 2 rings (SSSR count). The molecule has 104 valence electrons. The first kappa shape index (κ1) is 14.0. The SMILES string of the molecule is Cc1sc(C(=O)N2CCC(C)C(O)C2)cc1[N+](=O)[O-]. The van der Waals surface area contributed by atoms with Gasteiger partial charge in [0.15, 0.2) is 0 Å². The molecule has 2 atom stereocenters. The van der Waals surface area contributed by atoms with E-state index in [9.17, 15) is 20.0 Å². The van der Waals surface area contributed by atoms with Gasteiger partial charge in [-0.15, -0.1) is 11.3 Å². The number of β-amino-alcohol motifs (C(OH)–C–C–N with tert-alkyl or cyclic N) is 1. The Morgan fingerprint density at radius 3 is 2.84 bits per heavy atom. The Balaban J connectivity index is 2.16. The van der Waals surface area contributed by atoms with Crippen molar-refractivity contribution < 1.29 is 14.8 Å². The van der Waals surface area contributed by atoms with Crippen molar-refractivity contribution >= 4 is 22.9 Å². The van der Waals surface area contributed by atoms with E-state index in [-0.39, 0.29) is 17.5 Å². The summed E-state index contributed by atoms with van der Waals surface area (Å²) < 4.78 is 0. The van der Waals surface area contributed by atoms with E-state index in [2.05, 4.69) is 0 Å². The van der Waals surface area contributed by atoms with Crippen LogP contribution in [0.4, 0.5) is 5.69 Å². The van der Waals surface area contributed by atoms with Gasteiger partial charge in [-0.25, -0.2) is 0 Å². The van der Waals surface area contributed by atoms with E-state index in [0.29, 0.717) is 22.8 Å². The van der Waals surface area contributed by atoms with E-state index in [4.69, 9.17) is 0 Å². The standard InChI is InChI=1S/C12H16N2O4S/c1-7-3-4-13(6-10(7)15)12(16)11-5-9(14(17)18)8(2)19-11/h5,7,10,15H,3-4,6H2,1-2H3. The summed E-state index contributed by atoms with van der Waals surface area (Å²) >= 11 is 1.13. The van der Waals surface area contributed by atoms with Crippen LogP contribution in [0.2, 0.25) is 0 Å². The highest BCUT2D eigenvalue weighted by Gasteiger charge is 2.30. The third kappa shape index (κ3) is 2.76. The molecule has 6 nitrogen and oxygen atoms in total. The molecule has 0 spiro atoms. The zero-order valence-electron chi connectivity index (χ0n) is 10.8. The second-order valence-electron chi connectivity index (χ2n) is 4.89. The largest absolute Gasteiger partial charge is 0.391 e. The number of nitrogens with zero attached hydrogens (tertiary/aromatic N) is 2. The van der Waals surface area contributed by atoms with E-state index in [0.717, 1.165) is 17.8 Å². The van der Waals surface area contributed by atoms with E-state index in [1.54, 1.807) is 11.8 Å². The Morgan fingerprint density at radius 2 is 2.32 bits per heavy atom. The van der Waals surface area contributed by atoms with Crippen LogP contribution in [-0.2, 0) is 0 Å². The second-order valence-corrected chi connectivity index (χ2v) is 6.15. The van der Waals surface area contributed by atoms with Crippen molar-refractivity contribution in [1.29, 1.82) is 0 Å². The van der Waals surface area contributed by atoms with E-state index < -0.39 is 11.0 Å². The molecular formula is C12H16N2O4S. The van der Waals surface area contributed by atoms with Crippen LogP contribution in [0, 0.1) is 23.0 Å². The highest BCUT2D eigenvalue weighted by Crippen LogP contribution is 2.30. The third-order valence-corrected chi connectivity index (χ3v) is 4.53. The van der Waals surface area contributed by atoms with Crippen molar-refractivity contribution in [3.05, 3.63) is 25.9 Å². The van der Waals surface area contributed by atoms with Crippen LogP contribution in [0.5, 0.6) is 0 Å². The minimum atomic E-state index is -0.520. The molecule has 1 saturated heterocycles. The van der Waals surface area contributed by atoms with Gasteiger partial charge in [-0.05, 0) is 19.3 Å². The second kappa shape index (κ2) is 5.26. The van der Waals surface area contributed by atoms with Crippen molar-refractivity contribution in [1.82, 2.24) is 4.90 Å². The smallest absolute Gasteiger partial charge is 0.283 e. The molecule has 1 fully saturated rings. The predicted molar refractivity (Wildman–Crippen MR) is 71.4 cm³/mol. The lowest BCUT2D eigenvalue weighted by molar-refractivity contribution is -0.385. The molecule has 0 saturated carbocycles. The Labute approximate surface area is 114 Å². The average Bonchev–Trinajstić information content (AvgIpc) is 2.74. The van der Waals surface area contributed by atoms with Crippen LogP contribution in [0.25, 0.3) is 0 Å². The highest BCUT2D eigenvalue weighted by atomic mass is 32.1. The van der Waals surface area contributed by atoms with Crippen LogP contribution in [-0.4, -0.2) is 40.0 Å². The molecule has 1 aromatic rings. The number of hydrogen-bond acceptors (Lipinski definition) is 5. The van der Waals surface area contributed by atoms with Crippen LogP contribution in [0.3, 0.4) is 0 Å². The summed E-state index contributed by atoms with van der Waals surface area (Å²) in [5.41, 5.74) is -0.0146. The van der Waals surface area contributed by atoms with Crippen molar-refractivity contribution in [3.63, 3.8) is 0 Å². The Kier molecular flexibility index (Phi) is 3.86.